The Hall–Kier alpha value is -0.890. The Morgan fingerprint density at radius 3 is 2.56 bits per heavy atom. The van der Waals surface area contributed by atoms with E-state index < -0.39 is 0 Å². The number of aromatic nitrogens is 1. The molecule has 1 aliphatic rings. The van der Waals surface area contributed by atoms with Crippen LogP contribution in [0, 0.1) is 0 Å². The van der Waals surface area contributed by atoms with Gasteiger partial charge in [0.05, 0.1) is 0 Å². The van der Waals surface area contributed by atoms with E-state index in [4.69, 9.17) is 0 Å². The molecule has 1 saturated carbocycles. The van der Waals surface area contributed by atoms with Gasteiger partial charge in [-0.2, -0.15) is 0 Å². The smallest absolute Gasteiger partial charge is 0.0270 e. The minimum Gasteiger partial charge on any atom is -0.303 e. The van der Waals surface area contributed by atoms with Crippen molar-refractivity contribution in [3.8, 4) is 0 Å². The molecule has 16 heavy (non-hydrogen) atoms. The Kier molecular flexibility index (Phi) is 4.34. The molecule has 0 bridgehead atoms. The molecular formula is C14H22N2. The van der Waals surface area contributed by atoms with Crippen molar-refractivity contribution in [1.82, 2.24) is 9.88 Å². The fourth-order valence-electron chi connectivity index (χ4n) is 2.56. The Labute approximate surface area is 98.7 Å². The van der Waals surface area contributed by atoms with E-state index in [-0.39, 0.29) is 0 Å². The zero-order valence-corrected chi connectivity index (χ0v) is 10.2. The lowest BCUT2D eigenvalue weighted by Gasteiger charge is -2.31. The van der Waals surface area contributed by atoms with Gasteiger partial charge in [-0.15, -0.1) is 0 Å². The number of likely N-dealkylation sites (N-methyl/N-ethyl adjacent to an activating group) is 1. The summed E-state index contributed by atoms with van der Waals surface area (Å²) in [6, 6.07) is 5.07. The van der Waals surface area contributed by atoms with Crippen LogP contribution in [-0.4, -0.2) is 29.5 Å². The molecule has 1 aromatic rings. The van der Waals surface area contributed by atoms with Crippen molar-refractivity contribution in [3.63, 3.8) is 0 Å². The van der Waals surface area contributed by atoms with Gasteiger partial charge in [0, 0.05) is 25.0 Å². The largest absolute Gasteiger partial charge is 0.303 e. The van der Waals surface area contributed by atoms with Crippen LogP contribution in [0.25, 0.3) is 0 Å². The highest BCUT2D eigenvalue weighted by atomic mass is 15.1. The number of hydrogen-bond acceptors (Lipinski definition) is 2. The molecule has 2 heteroatoms. The first-order chi connectivity index (χ1) is 7.86. The Morgan fingerprint density at radius 1 is 1.19 bits per heavy atom. The average Bonchev–Trinajstić information content (AvgIpc) is 2.38. The second-order valence-electron chi connectivity index (χ2n) is 4.88. The van der Waals surface area contributed by atoms with Crippen molar-refractivity contribution in [1.29, 1.82) is 0 Å². The number of nitrogens with zero attached hydrogens (tertiary/aromatic N) is 2. The van der Waals surface area contributed by atoms with Crippen molar-refractivity contribution >= 4 is 0 Å². The molecule has 0 radical (unpaired) electrons. The lowest BCUT2D eigenvalue weighted by Crippen LogP contribution is -2.34. The van der Waals surface area contributed by atoms with Crippen LogP contribution in [0.15, 0.2) is 24.5 Å². The Morgan fingerprint density at radius 2 is 1.88 bits per heavy atom. The van der Waals surface area contributed by atoms with E-state index in [2.05, 4.69) is 29.1 Å². The van der Waals surface area contributed by atoms with Gasteiger partial charge in [-0.05, 0) is 44.0 Å². The van der Waals surface area contributed by atoms with E-state index in [0.717, 1.165) is 12.5 Å². The van der Waals surface area contributed by atoms with Gasteiger partial charge >= 0.3 is 0 Å². The first kappa shape index (κ1) is 11.6. The van der Waals surface area contributed by atoms with Crippen molar-refractivity contribution < 1.29 is 0 Å². The van der Waals surface area contributed by atoms with Gasteiger partial charge in [0.25, 0.3) is 0 Å². The van der Waals surface area contributed by atoms with E-state index in [9.17, 15) is 0 Å². The molecule has 1 aliphatic carbocycles. The van der Waals surface area contributed by atoms with E-state index in [0.29, 0.717) is 0 Å². The number of rotatable bonds is 4. The lowest BCUT2D eigenvalue weighted by atomic mass is 9.94. The van der Waals surface area contributed by atoms with E-state index >= 15 is 0 Å². The standard InChI is InChI=1S/C14H22N2/c1-16(14-5-3-2-4-6-14)12-9-13-7-10-15-11-8-13/h7-8,10-11,14H,2-6,9,12H2,1H3. The van der Waals surface area contributed by atoms with E-state index in [1.807, 2.05) is 12.4 Å². The fourth-order valence-corrected chi connectivity index (χ4v) is 2.56. The highest BCUT2D eigenvalue weighted by Gasteiger charge is 2.17. The molecule has 1 heterocycles. The summed E-state index contributed by atoms with van der Waals surface area (Å²) in [6.07, 6.45) is 12.0. The zero-order valence-electron chi connectivity index (χ0n) is 10.2. The van der Waals surface area contributed by atoms with Gasteiger partial charge in [-0.25, -0.2) is 0 Å². The Balaban J connectivity index is 1.76. The maximum atomic E-state index is 4.05. The van der Waals surface area contributed by atoms with Crippen molar-refractivity contribution in [2.75, 3.05) is 13.6 Å². The molecule has 0 spiro atoms. The van der Waals surface area contributed by atoms with Gasteiger partial charge in [-0.1, -0.05) is 19.3 Å². The van der Waals surface area contributed by atoms with E-state index in [1.165, 1.54) is 44.2 Å². The zero-order chi connectivity index (χ0) is 11.2. The predicted octanol–water partition coefficient (Wildman–Crippen LogP) is 2.89. The third kappa shape index (κ3) is 3.31. The predicted molar refractivity (Wildman–Crippen MR) is 67.4 cm³/mol. The number of hydrogen-bond donors (Lipinski definition) is 0. The molecule has 2 rings (SSSR count). The van der Waals surface area contributed by atoms with Crippen LogP contribution in [0.1, 0.15) is 37.7 Å². The Bertz CT molecular complexity index is 291. The first-order valence-corrected chi connectivity index (χ1v) is 6.45. The molecule has 1 fully saturated rings. The second-order valence-corrected chi connectivity index (χ2v) is 4.88. The van der Waals surface area contributed by atoms with Crippen molar-refractivity contribution in [3.05, 3.63) is 30.1 Å². The molecule has 88 valence electrons. The molecule has 1 aromatic heterocycles. The summed E-state index contributed by atoms with van der Waals surface area (Å²) in [6.45, 7) is 1.18. The normalized spacial score (nSPS) is 17.9. The molecule has 0 N–H and O–H groups in total. The topological polar surface area (TPSA) is 16.1 Å². The summed E-state index contributed by atoms with van der Waals surface area (Å²) in [5, 5.41) is 0. The van der Waals surface area contributed by atoms with Gasteiger partial charge in [0.15, 0.2) is 0 Å². The summed E-state index contributed by atoms with van der Waals surface area (Å²) in [5.41, 5.74) is 1.40. The summed E-state index contributed by atoms with van der Waals surface area (Å²) < 4.78 is 0. The van der Waals surface area contributed by atoms with Crippen LogP contribution in [0.2, 0.25) is 0 Å². The quantitative estimate of drug-likeness (QED) is 0.772. The molecule has 0 aromatic carbocycles. The van der Waals surface area contributed by atoms with Crippen LogP contribution in [-0.2, 0) is 6.42 Å². The van der Waals surface area contributed by atoms with Crippen molar-refractivity contribution in [2.24, 2.45) is 0 Å². The SMILES string of the molecule is CN(CCc1ccncc1)C1CCCCC1. The summed E-state index contributed by atoms with van der Waals surface area (Å²) in [4.78, 5) is 6.59. The second kappa shape index (κ2) is 6.00. The van der Waals surface area contributed by atoms with Crippen LogP contribution in [0.5, 0.6) is 0 Å². The highest BCUT2D eigenvalue weighted by Crippen LogP contribution is 2.21. The van der Waals surface area contributed by atoms with Gasteiger partial charge in [0.2, 0.25) is 0 Å². The van der Waals surface area contributed by atoms with E-state index in [1.54, 1.807) is 0 Å². The monoisotopic (exact) mass is 218 g/mol. The summed E-state index contributed by atoms with van der Waals surface area (Å²) in [5.74, 6) is 0. The third-order valence-electron chi connectivity index (χ3n) is 3.70. The van der Waals surface area contributed by atoms with Gasteiger partial charge < -0.3 is 4.90 Å². The van der Waals surface area contributed by atoms with Crippen LogP contribution < -0.4 is 0 Å². The molecule has 0 atom stereocenters. The number of pyridine rings is 1. The fraction of sp³-hybridized carbons (Fsp3) is 0.643. The molecule has 0 saturated heterocycles. The molecule has 0 unspecified atom stereocenters. The van der Waals surface area contributed by atoms with Crippen LogP contribution in [0.3, 0.4) is 0 Å². The molecule has 0 aliphatic heterocycles. The molecule has 0 amide bonds. The van der Waals surface area contributed by atoms with Gasteiger partial charge in [0.1, 0.15) is 0 Å². The first-order valence-electron chi connectivity index (χ1n) is 6.45. The van der Waals surface area contributed by atoms with Crippen LogP contribution in [0.4, 0.5) is 0 Å². The molecular weight excluding hydrogens is 196 g/mol. The minimum atomic E-state index is 0.829. The maximum Gasteiger partial charge on any atom is 0.0270 e. The summed E-state index contributed by atoms with van der Waals surface area (Å²) >= 11 is 0. The third-order valence-corrected chi connectivity index (χ3v) is 3.70. The summed E-state index contributed by atoms with van der Waals surface area (Å²) in [7, 11) is 2.27. The van der Waals surface area contributed by atoms with Crippen molar-refractivity contribution in [2.45, 2.75) is 44.6 Å². The van der Waals surface area contributed by atoms with Crippen LogP contribution >= 0.6 is 0 Å². The maximum absolute atomic E-state index is 4.05. The lowest BCUT2D eigenvalue weighted by molar-refractivity contribution is 0.194. The molecule has 2 nitrogen and oxygen atoms in total. The minimum absolute atomic E-state index is 0.829. The average molecular weight is 218 g/mol. The highest BCUT2D eigenvalue weighted by molar-refractivity contribution is 5.09. The van der Waals surface area contributed by atoms with Gasteiger partial charge in [-0.3, -0.25) is 4.98 Å².